The Morgan fingerprint density at radius 2 is 1.68 bits per heavy atom. The lowest BCUT2D eigenvalue weighted by molar-refractivity contribution is 0.0595. The first-order chi connectivity index (χ1) is 12.0. The van der Waals surface area contributed by atoms with E-state index in [0.717, 1.165) is 12.8 Å². The Kier molecular flexibility index (Phi) is 4.88. The van der Waals surface area contributed by atoms with Gasteiger partial charge in [-0.3, -0.25) is 9.59 Å². The van der Waals surface area contributed by atoms with Gasteiger partial charge in [0.1, 0.15) is 17.6 Å². The summed E-state index contributed by atoms with van der Waals surface area (Å²) < 4.78 is 5.86. The summed E-state index contributed by atoms with van der Waals surface area (Å²) >= 11 is 0. The standard InChI is InChI=1S/C19H20N2O4/c20-18(23)13-4-6-14(7-5-13)19(24)21-10-8-16(9-11-21)25-17-3-1-2-15(22)12-17/h1-7,12,16,22H,8-11H2,(H2,20,23). The number of phenolic OH excluding ortho intramolecular Hbond substituents is 1. The monoisotopic (exact) mass is 340 g/mol. The zero-order chi connectivity index (χ0) is 17.8. The first-order valence-electron chi connectivity index (χ1n) is 8.18. The molecule has 0 unspecified atom stereocenters. The summed E-state index contributed by atoms with van der Waals surface area (Å²) in [5.41, 5.74) is 6.13. The molecule has 0 radical (unpaired) electrons. The van der Waals surface area contributed by atoms with Gasteiger partial charge >= 0.3 is 0 Å². The zero-order valence-electron chi connectivity index (χ0n) is 13.7. The van der Waals surface area contributed by atoms with Crippen LogP contribution in [-0.2, 0) is 0 Å². The van der Waals surface area contributed by atoms with Crippen LogP contribution in [0.1, 0.15) is 33.6 Å². The number of primary amides is 1. The first-order valence-corrected chi connectivity index (χ1v) is 8.18. The van der Waals surface area contributed by atoms with E-state index in [-0.39, 0.29) is 17.8 Å². The SMILES string of the molecule is NC(=O)c1ccc(C(=O)N2CCC(Oc3cccc(O)c3)CC2)cc1. The number of piperidine rings is 1. The molecule has 0 aliphatic carbocycles. The third-order valence-corrected chi connectivity index (χ3v) is 4.27. The van der Waals surface area contributed by atoms with Crippen LogP contribution in [0.4, 0.5) is 0 Å². The van der Waals surface area contributed by atoms with Gasteiger partial charge in [-0.15, -0.1) is 0 Å². The number of ether oxygens (including phenoxy) is 1. The van der Waals surface area contributed by atoms with Gasteiger partial charge in [0.15, 0.2) is 0 Å². The van der Waals surface area contributed by atoms with Crippen molar-refractivity contribution in [2.75, 3.05) is 13.1 Å². The van der Waals surface area contributed by atoms with Gasteiger partial charge in [-0.1, -0.05) is 6.07 Å². The Hall–Kier alpha value is -3.02. The number of hydrogen-bond donors (Lipinski definition) is 2. The quantitative estimate of drug-likeness (QED) is 0.892. The molecule has 0 atom stereocenters. The summed E-state index contributed by atoms with van der Waals surface area (Å²) in [4.78, 5) is 25.4. The summed E-state index contributed by atoms with van der Waals surface area (Å²) in [5.74, 6) is 0.229. The van der Waals surface area contributed by atoms with Gasteiger partial charge in [0.2, 0.25) is 5.91 Å². The van der Waals surface area contributed by atoms with Crippen molar-refractivity contribution < 1.29 is 19.4 Å². The molecule has 0 saturated carbocycles. The van der Waals surface area contributed by atoms with Crippen LogP contribution in [0.2, 0.25) is 0 Å². The van der Waals surface area contributed by atoms with Gasteiger partial charge in [0, 0.05) is 43.1 Å². The maximum Gasteiger partial charge on any atom is 0.253 e. The molecule has 2 aromatic carbocycles. The van der Waals surface area contributed by atoms with Crippen LogP contribution >= 0.6 is 0 Å². The van der Waals surface area contributed by atoms with Gasteiger partial charge in [-0.2, -0.15) is 0 Å². The number of carbonyl (C=O) groups is 2. The molecule has 0 spiro atoms. The van der Waals surface area contributed by atoms with E-state index in [1.807, 2.05) is 0 Å². The third-order valence-electron chi connectivity index (χ3n) is 4.27. The van der Waals surface area contributed by atoms with Crippen LogP contribution < -0.4 is 10.5 Å². The van der Waals surface area contributed by atoms with E-state index in [0.29, 0.717) is 30.0 Å². The highest BCUT2D eigenvalue weighted by Crippen LogP contribution is 2.23. The van der Waals surface area contributed by atoms with Crippen molar-refractivity contribution in [2.45, 2.75) is 18.9 Å². The molecule has 1 saturated heterocycles. The van der Waals surface area contributed by atoms with Crippen LogP contribution in [0.5, 0.6) is 11.5 Å². The van der Waals surface area contributed by atoms with E-state index in [1.54, 1.807) is 53.4 Å². The lowest BCUT2D eigenvalue weighted by Crippen LogP contribution is -2.41. The lowest BCUT2D eigenvalue weighted by atomic mass is 10.1. The number of amides is 2. The van der Waals surface area contributed by atoms with Crippen LogP contribution in [0.15, 0.2) is 48.5 Å². The average molecular weight is 340 g/mol. The Morgan fingerprint density at radius 3 is 2.28 bits per heavy atom. The highest BCUT2D eigenvalue weighted by molar-refractivity contribution is 5.97. The Labute approximate surface area is 145 Å². The van der Waals surface area contributed by atoms with Crippen molar-refractivity contribution in [3.63, 3.8) is 0 Å². The Balaban J connectivity index is 1.56. The smallest absolute Gasteiger partial charge is 0.253 e. The van der Waals surface area contributed by atoms with E-state index < -0.39 is 5.91 Å². The molecule has 1 aliphatic heterocycles. The van der Waals surface area contributed by atoms with Gasteiger partial charge in [-0.05, 0) is 36.4 Å². The number of rotatable bonds is 4. The van der Waals surface area contributed by atoms with Crippen molar-refractivity contribution >= 4 is 11.8 Å². The molecule has 0 bridgehead atoms. The second-order valence-corrected chi connectivity index (χ2v) is 6.05. The molecular weight excluding hydrogens is 320 g/mol. The van der Waals surface area contributed by atoms with E-state index in [9.17, 15) is 14.7 Å². The number of hydrogen-bond acceptors (Lipinski definition) is 4. The van der Waals surface area contributed by atoms with E-state index in [2.05, 4.69) is 0 Å². The van der Waals surface area contributed by atoms with E-state index >= 15 is 0 Å². The van der Waals surface area contributed by atoms with Crippen LogP contribution in [0, 0.1) is 0 Å². The van der Waals surface area contributed by atoms with Gasteiger partial charge in [0.25, 0.3) is 5.91 Å². The Bertz CT molecular complexity index is 765. The maximum absolute atomic E-state index is 12.5. The molecular formula is C19H20N2O4. The predicted molar refractivity (Wildman–Crippen MR) is 92.6 cm³/mol. The molecule has 0 aromatic heterocycles. The molecule has 3 N–H and O–H groups in total. The molecule has 1 aliphatic rings. The molecule has 1 fully saturated rings. The normalized spacial score (nSPS) is 15.0. The van der Waals surface area contributed by atoms with Gasteiger partial charge < -0.3 is 20.5 Å². The number of benzene rings is 2. The largest absolute Gasteiger partial charge is 0.508 e. The molecule has 3 rings (SSSR count). The second kappa shape index (κ2) is 7.25. The highest BCUT2D eigenvalue weighted by Gasteiger charge is 2.24. The summed E-state index contributed by atoms with van der Waals surface area (Å²) in [7, 11) is 0. The number of likely N-dealkylation sites (tertiary alicyclic amines) is 1. The van der Waals surface area contributed by atoms with E-state index in [1.165, 1.54) is 0 Å². The summed E-state index contributed by atoms with van der Waals surface area (Å²) in [6.45, 7) is 1.19. The number of aromatic hydroxyl groups is 1. The first kappa shape index (κ1) is 16.8. The average Bonchev–Trinajstić information content (AvgIpc) is 2.62. The van der Waals surface area contributed by atoms with Gasteiger partial charge in [0.05, 0.1) is 0 Å². The molecule has 130 valence electrons. The highest BCUT2D eigenvalue weighted by atomic mass is 16.5. The minimum atomic E-state index is -0.510. The zero-order valence-corrected chi connectivity index (χ0v) is 13.7. The van der Waals surface area contributed by atoms with E-state index in [4.69, 9.17) is 10.5 Å². The summed E-state index contributed by atoms with van der Waals surface area (Å²) in [6.07, 6.45) is 1.46. The molecule has 25 heavy (non-hydrogen) atoms. The van der Waals surface area contributed by atoms with Crippen molar-refractivity contribution in [2.24, 2.45) is 5.73 Å². The molecule has 6 heteroatoms. The van der Waals surface area contributed by atoms with Gasteiger partial charge in [-0.25, -0.2) is 0 Å². The van der Waals surface area contributed by atoms with Crippen molar-refractivity contribution in [3.8, 4) is 11.5 Å². The topological polar surface area (TPSA) is 92.9 Å². The molecule has 1 heterocycles. The van der Waals surface area contributed by atoms with Crippen molar-refractivity contribution in [3.05, 3.63) is 59.7 Å². The fourth-order valence-corrected chi connectivity index (χ4v) is 2.89. The Morgan fingerprint density at radius 1 is 1.04 bits per heavy atom. The predicted octanol–water partition coefficient (Wildman–Crippen LogP) is 2.17. The lowest BCUT2D eigenvalue weighted by Gasteiger charge is -2.32. The maximum atomic E-state index is 12.5. The van der Waals surface area contributed by atoms with Crippen LogP contribution in [0.3, 0.4) is 0 Å². The van der Waals surface area contributed by atoms with Crippen LogP contribution in [-0.4, -0.2) is 41.0 Å². The molecule has 2 aromatic rings. The van der Waals surface area contributed by atoms with Crippen molar-refractivity contribution in [1.29, 1.82) is 0 Å². The third kappa shape index (κ3) is 4.09. The van der Waals surface area contributed by atoms with Crippen LogP contribution in [0.25, 0.3) is 0 Å². The fraction of sp³-hybridized carbons (Fsp3) is 0.263. The molecule has 6 nitrogen and oxygen atoms in total. The molecule has 2 amide bonds. The number of carbonyl (C=O) groups excluding carboxylic acids is 2. The fourth-order valence-electron chi connectivity index (χ4n) is 2.89. The minimum Gasteiger partial charge on any atom is -0.508 e. The number of nitrogens with zero attached hydrogens (tertiary/aromatic N) is 1. The summed E-state index contributed by atoms with van der Waals surface area (Å²) in [6, 6.07) is 13.1. The number of nitrogens with two attached hydrogens (primary N) is 1. The number of phenols is 1. The summed E-state index contributed by atoms with van der Waals surface area (Å²) in [5, 5.41) is 9.48. The minimum absolute atomic E-state index is 0.0167. The van der Waals surface area contributed by atoms with Crippen molar-refractivity contribution in [1.82, 2.24) is 4.90 Å². The second-order valence-electron chi connectivity index (χ2n) is 6.05.